The molecule has 2 aromatic heterocycles. The molecule has 2 heterocycles. The molecule has 0 N–H and O–H groups in total. The monoisotopic (exact) mass is 433 g/mol. The Bertz CT molecular complexity index is 1140. The molecule has 2 aromatic carbocycles. The molecule has 5 nitrogen and oxygen atoms in total. The maximum Gasteiger partial charge on any atom is 0.200 e. The lowest BCUT2D eigenvalue weighted by Crippen LogP contribution is -1.99. The molecule has 0 fully saturated rings. The molecule has 0 radical (unpaired) electrons. The van der Waals surface area contributed by atoms with Crippen LogP contribution in [0.15, 0.2) is 52.0 Å². The van der Waals surface area contributed by atoms with Crippen LogP contribution in [0.3, 0.4) is 0 Å². The Balaban J connectivity index is 1.63. The second-order valence-electron chi connectivity index (χ2n) is 6.08. The molecule has 8 heteroatoms. The third-order valence-electron chi connectivity index (χ3n) is 4.33. The molecule has 0 aliphatic rings. The fourth-order valence-corrected chi connectivity index (χ4v) is 4.21. The number of rotatable bonds is 6. The zero-order valence-corrected chi connectivity index (χ0v) is 17.6. The fourth-order valence-electron chi connectivity index (χ4n) is 2.95. The summed E-state index contributed by atoms with van der Waals surface area (Å²) in [6.45, 7) is 2.78. The number of hydrogen-bond donors (Lipinski definition) is 0. The number of para-hydroxylation sites is 1. The summed E-state index contributed by atoms with van der Waals surface area (Å²) in [4.78, 5) is 0. The van der Waals surface area contributed by atoms with Crippen molar-refractivity contribution in [2.24, 2.45) is 0 Å². The molecule has 0 aliphatic heterocycles. The second kappa shape index (κ2) is 8.07. The van der Waals surface area contributed by atoms with E-state index in [1.807, 2.05) is 41.0 Å². The normalized spacial score (nSPS) is 11.3. The summed E-state index contributed by atoms with van der Waals surface area (Å²) in [5.74, 6) is 2.76. The topological polar surface area (TPSA) is 53.1 Å². The quantitative estimate of drug-likeness (QED) is 0.333. The van der Waals surface area contributed by atoms with Gasteiger partial charge in [-0.15, -0.1) is 10.2 Å². The van der Waals surface area contributed by atoms with Crippen molar-refractivity contribution in [3.05, 3.63) is 58.1 Å². The van der Waals surface area contributed by atoms with E-state index in [4.69, 9.17) is 32.4 Å². The molecule has 0 amide bonds. The van der Waals surface area contributed by atoms with Gasteiger partial charge in [0.05, 0.1) is 17.2 Å². The number of aromatic nitrogens is 3. The molecule has 0 unspecified atom stereocenters. The van der Waals surface area contributed by atoms with E-state index in [1.165, 1.54) is 0 Å². The lowest BCUT2D eigenvalue weighted by molar-refractivity contribution is 0.410. The Kier molecular flexibility index (Phi) is 5.53. The number of benzene rings is 2. The van der Waals surface area contributed by atoms with Crippen molar-refractivity contribution >= 4 is 45.9 Å². The maximum absolute atomic E-state index is 6.10. The van der Waals surface area contributed by atoms with E-state index in [0.29, 0.717) is 38.7 Å². The number of nitrogens with zero attached hydrogens (tertiary/aromatic N) is 3. The zero-order valence-electron chi connectivity index (χ0n) is 15.3. The van der Waals surface area contributed by atoms with Gasteiger partial charge < -0.3 is 9.15 Å². The number of furan rings is 1. The summed E-state index contributed by atoms with van der Waals surface area (Å²) in [7, 11) is 1.63. The van der Waals surface area contributed by atoms with Crippen molar-refractivity contribution in [3.63, 3.8) is 0 Å². The van der Waals surface area contributed by atoms with Gasteiger partial charge in [-0.1, -0.05) is 53.2 Å². The van der Waals surface area contributed by atoms with Crippen LogP contribution in [-0.2, 0) is 12.3 Å². The van der Waals surface area contributed by atoms with Crippen molar-refractivity contribution in [1.82, 2.24) is 14.8 Å². The van der Waals surface area contributed by atoms with Gasteiger partial charge in [0.1, 0.15) is 0 Å². The Hall–Kier alpha value is -2.15. The molecule has 144 valence electrons. The lowest BCUT2D eigenvalue weighted by atomic mass is 10.2. The van der Waals surface area contributed by atoms with E-state index in [2.05, 4.69) is 17.1 Å². The first-order valence-corrected chi connectivity index (χ1v) is 10.4. The first-order valence-electron chi connectivity index (χ1n) is 8.67. The van der Waals surface area contributed by atoms with Crippen LogP contribution < -0.4 is 4.74 Å². The SMILES string of the molecule is CCn1c(SCc2ccc(Cl)c(Cl)c2)nnc1-c1cc2cccc(OC)c2o1. The Labute approximate surface area is 176 Å². The standard InChI is InChI=1S/C20H17Cl2N3O2S/c1-3-25-19(17-10-13-5-4-6-16(26-2)18(13)27-17)23-24-20(25)28-11-12-7-8-14(21)15(22)9-12/h4-10H,3,11H2,1-2H3. The average molecular weight is 434 g/mol. The second-order valence-corrected chi connectivity index (χ2v) is 7.83. The lowest BCUT2D eigenvalue weighted by Gasteiger charge is -2.06. The van der Waals surface area contributed by atoms with Crippen LogP contribution in [0, 0.1) is 0 Å². The molecule has 0 atom stereocenters. The van der Waals surface area contributed by atoms with Crippen LogP contribution in [0.25, 0.3) is 22.6 Å². The van der Waals surface area contributed by atoms with E-state index < -0.39 is 0 Å². The van der Waals surface area contributed by atoms with Gasteiger partial charge in [-0.05, 0) is 36.8 Å². The molecule has 0 spiro atoms. The minimum Gasteiger partial charge on any atom is -0.493 e. The van der Waals surface area contributed by atoms with Crippen molar-refractivity contribution < 1.29 is 9.15 Å². The Morgan fingerprint density at radius 3 is 2.71 bits per heavy atom. The molecule has 4 aromatic rings. The smallest absolute Gasteiger partial charge is 0.200 e. The first kappa shape index (κ1) is 19.2. The van der Waals surface area contributed by atoms with Crippen molar-refractivity contribution in [3.8, 4) is 17.3 Å². The maximum atomic E-state index is 6.10. The van der Waals surface area contributed by atoms with E-state index in [0.717, 1.165) is 22.7 Å². The van der Waals surface area contributed by atoms with E-state index in [-0.39, 0.29) is 0 Å². The third-order valence-corrected chi connectivity index (χ3v) is 6.11. The van der Waals surface area contributed by atoms with Gasteiger partial charge in [0.2, 0.25) is 5.82 Å². The number of halogens is 2. The summed E-state index contributed by atoms with van der Waals surface area (Å²) in [5, 5.41) is 11.6. The predicted molar refractivity (Wildman–Crippen MR) is 113 cm³/mol. The van der Waals surface area contributed by atoms with Crippen LogP contribution in [0.1, 0.15) is 12.5 Å². The van der Waals surface area contributed by atoms with Crippen LogP contribution in [-0.4, -0.2) is 21.9 Å². The number of fused-ring (bicyclic) bond motifs is 1. The predicted octanol–water partition coefficient (Wildman–Crippen LogP) is 6.32. The summed E-state index contributed by atoms with van der Waals surface area (Å²) >= 11 is 13.7. The van der Waals surface area contributed by atoms with E-state index >= 15 is 0 Å². The van der Waals surface area contributed by atoms with Gasteiger partial charge in [-0.3, -0.25) is 4.57 Å². The molecule has 0 saturated heterocycles. The van der Waals surface area contributed by atoms with Crippen molar-refractivity contribution in [2.45, 2.75) is 24.4 Å². The average Bonchev–Trinajstić information content (AvgIpc) is 3.31. The Morgan fingerprint density at radius 1 is 1.11 bits per heavy atom. The van der Waals surface area contributed by atoms with Gasteiger partial charge >= 0.3 is 0 Å². The molecule has 0 saturated carbocycles. The number of ether oxygens (including phenoxy) is 1. The largest absolute Gasteiger partial charge is 0.493 e. The zero-order chi connectivity index (χ0) is 19.7. The van der Waals surface area contributed by atoms with Gasteiger partial charge in [-0.2, -0.15) is 0 Å². The molecule has 4 rings (SSSR count). The fraction of sp³-hybridized carbons (Fsp3) is 0.200. The van der Waals surface area contributed by atoms with Gasteiger partial charge in [0.25, 0.3) is 0 Å². The number of hydrogen-bond acceptors (Lipinski definition) is 5. The van der Waals surface area contributed by atoms with E-state index in [1.54, 1.807) is 24.9 Å². The van der Waals surface area contributed by atoms with Gasteiger partial charge in [0, 0.05) is 17.7 Å². The highest BCUT2D eigenvalue weighted by molar-refractivity contribution is 7.98. The highest BCUT2D eigenvalue weighted by Gasteiger charge is 2.18. The van der Waals surface area contributed by atoms with Crippen molar-refractivity contribution in [2.75, 3.05) is 7.11 Å². The minimum absolute atomic E-state index is 0.550. The molecule has 0 aliphatic carbocycles. The number of thioether (sulfide) groups is 1. The Morgan fingerprint density at radius 2 is 1.96 bits per heavy atom. The van der Waals surface area contributed by atoms with Gasteiger partial charge in [0.15, 0.2) is 22.2 Å². The van der Waals surface area contributed by atoms with Crippen LogP contribution in [0.5, 0.6) is 5.75 Å². The third kappa shape index (κ3) is 3.60. The van der Waals surface area contributed by atoms with Crippen LogP contribution >= 0.6 is 35.0 Å². The minimum atomic E-state index is 0.550. The van der Waals surface area contributed by atoms with Crippen LogP contribution in [0.2, 0.25) is 10.0 Å². The van der Waals surface area contributed by atoms with Crippen molar-refractivity contribution in [1.29, 1.82) is 0 Å². The molecular weight excluding hydrogens is 417 g/mol. The summed E-state index contributed by atoms with van der Waals surface area (Å²) in [6.07, 6.45) is 0. The first-order chi connectivity index (χ1) is 13.6. The van der Waals surface area contributed by atoms with E-state index in [9.17, 15) is 0 Å². The number of methoxy groups -OCH3 is 1. The molecular formula is C20H17Cl2N3O2S. The van der Waals surface area contributed by atoms with Crippen LogP contribution in [0.4, 0.5) is 0 Å². The van der Waals surface area contributed by atoms with Gasteiger partial charge in [-0.25, -0.2) is 0 Å². The summed E-state index contributed by atoms with van der Waals surface area (Å²) in [5.41, 5.74) is 1.77. The highest BCUT2D eigenvalue weighted by Crippen LogP contribution is 2.34. The highest BCUT2D eigenvalue weighted by atomic mass is 35.5. The summed E-state index contributed by atoms with van der Waals surface area (Å²) < 4.78 is 13.5. The molecule has 0 bridgehead atoms. The molecule has 28 heavy (non-hydrogen) atoms. The summed E-state index contributed by atoms with van der Waals surface area (Å²) in [6, 6.07) is 13.4.